The number of pyridine rings is 1. The van der Waals surface area contributed by atoms with Crippen LogP contribution in [0.4, 0.5) is 5.69 Å². The molecule has 2 aromatic rings. The van der Waals surface area contributed by atoms with Gasteiger partial charge in [-0.05, 0) is 43.2 Å². The third-order valence-electron chi connectivity index (χ3n) is 4.65. The zero-order chi connectivity index (χ0) is 18.0. The fourth-order valence-electron chi connectivity index (χ4n) is 3.07. The Labute approximate surface area is 148 Å². The summed E-state index contributed by atoms with van der Waals surface area (Å²) in [6, 6.07) is 11.0. The van der Waals surface area contributed by atoms with Gasteiger partial charge in [-0.15, -0.1) is 0 Å². The Morgan fingerprint density at radius 2 is 1.80 bits per heavy atom. The molecule has 0 amide bonds. The van der Waals surface area contributed by atoms with Crippen LogP contribution in [0.1, 0.15) is 16.8 Å². The van der Waals surface area contributed by atoms with Crippen LogP contribution in [0.25, 0.3) is 0 Å². The summed E-state index contributed by atoms with van der Waals surface area (Å²) in [5.41, 5.74) is 3.54. The van der Waals surface area contributed by atoms with E-state index in [1.807, 2.05) is 12.1 Å². The summed E-state index contributed by atoms with van der Waals surface area (Å²) in [5, 5.41) is 9.12. The highest BCUT2D eigenvalue weighted by Gasteiger charge is 2.31. The first-order valence-corrected chi connectivity index (χ1v) is 9.55. The Kier molecular flexibility index (Phi) is 4.75. The molecule has 25 heavy (non-hydrogen) atoms. The number of rotatable bonds is 3. The maximum Gasteiger partial charge on any atom is 0.246 e. The van der Waals surface area contributed by atoms with E-state index in [0.29, 0.717) is 26.2 Å². The highest BCUT2D eigenvalue weighted by Crippen LogP contribution is 2.26. The van der Waals surface area contributed by atoms with Gasteiger partial charge in [0.15, 0.2) is 5.69 Å². The summed E-state index contributed by atoms with van der Waals surface area (Å²) in [6.45, 7) is 6.16. The van der Waals surface area contributed by atoms with Crippen LogP contribution in [0.5, 0.6) is 0 Å². The topological polar surface area (TPSA) is 77.3 Å². The highest BCUT2D eigenvalue weighted by molar-refractivity contribution is 7.89. The van der Waals surface area contributed by atoms with Gasteiger partial charge in [0.05, 0.1) is 0 Å². The van der Waals surface area contributed by atoms with Gasteiger partial charge >= 0.3 is 0 Å². The van der Waals surface area contributed by atoms with Gasteiger partial charge in [0.1, 0.15) is 11.0 Å². The SMILES string of the molecule is Cc1cccc(N2CCN(S(=O)(=O)c3cccnc3C#N)CC2)c1C. The van der Waals surface area contributed by atoms with E-state index in [9.17, 15) is 8.42 Å². The van der Waals surface area contributed by atoms with Crippen molar-refractivity contribution >= 4 is 15.7 Å². The fraction of sp³-hybridized carbons (Fsp3) is 0.333. The third kappa shape index (κ3) is 3.23. The molecule has 1 aromatic carbocycles. The second kappa shape index (κ2) is 6.82. The van der Waals surface area contributed by atoms with Gasteiger partial charge in [-0.2, -0.15) is 9.57 Å². The van der Waals surface area contributed by atoms with Crippen molar-refractivity contribution in [1.82, 2.24) is 9.29 Å². The first-order valence-electron chi connectivity index (χ1n) is 8.11. The number of hydrogen-bond donors (Lipinski definition) is 0. The number of aromatic nitrogens is 1. The minimum absolute atomic E-state index is 0.0160. The summed E-state index contributed by atoms with van der Waals surface area (Å²) in [6.07, 6.45) is 1.43. The predicted octanol–water partition coefficient (Wildman–Crippen LogP) is 2.08. The smallest absolute Gasteiger partial charge is 0.246 e. The van der Waals surface area contributed by atoms with Crippen molar-refractivity contribution in [2.45, 2.75) is 18.7 Å². The van der Waals surface area contributed by atoms with Crippen LogP contribution < -0.4 is 4.90 Å². The summed E-state index contributed by atoms with van der Waals surface area (Å²) in [7, 11) is -3.71. The maximum atomic E-state index is 12.8. The lowest BCUT2D eigenvalue weighted by Crippen LogP contribution is -2.49. The zero-order valence-corrected chi connectivity index (χ0v) is 15.1. The van der Waals surface area contributed by atoms with Gasteiger partial charge in [-0.1, -0.05) is 12.1 Å². The molecule has 0 unspecified atom stereocenters. The van der Waals surface area contributed by atoms with Crippen LogP contribution in [-0.4, -0.2) is 43.9 Å². The minimum Gasteiger partial charge on any atom is -0.369 e. The Morgan fingerprint density at radius 3 is 2.48 bits per heavy atom. The third-order valence-corrected chi connectivity index (χ3v) is 6.58. The number of anilines is 1. The number of aryl methyl sites for hydroxylation is 1. The molecule has 0 aliphatic carbocycles. The van der Waals surface area contributed by atoms with Crippen molar-refractivity contribution in [3.63, 3.8) is 0 Å². The highest BCUT2D eigenvalue weighted by atomic mass is 32.2. The Morgan fingerprint density at radius 1 is 1.08 bits per heavy atom. The molecular weight excluding hydrogens is 336 g/mol. The normalized spacial score (nSPS) is 15.8. The van der Waals surface area contributed by atoms with Crippen LogP contribution in [0.2, 0.25) is 0 Å². The maximum absolute atomic E-state index is 12.8. The predicted molar refractivity (Wildman–Crippen MR) is 95.8 cm³/mol. The van der Waals surface area contributed by atoms with Crippen molar-refractivity contribution in [2.75, 3.05) is 31.1 Å². The summed E-state index contributed by atoms with van der Waals surface area (Å²) in [4.78, 5) is 6.06. The zero-order valence-electron chi connectivity index (χ0n) is 14.3. The van der Waals surface area contributed by atoms with E-state index in [1.165, 1.54) is 27.7 Å². The molecule has 1 aromatic heterocycles. The number of piperazine rings is 1. The Balaban J connectivity index is 1.80. The lowest BCUT2D eigenvalue weighted by Gasteiger charge is -2.36. The van der Waals surface area contributed by atoms with E-state index in [1.54, 1.807) is 6.07 Å². The average Bonchev–Trinajstić information content (AvgIpc) is 2.64. The van der Waals surface area contributed by atoms with Crippen LogP contribution >= 0.6 is 0 Å². The van der Waals surface area contributed by atoms with E-state index in [2.05, 4.69) is 35.9 Å². The van der Waals surface area contributed by atoms with Gasteiger partial charge in [-0.3, -0.25) is 0 Å². The van der Waals surface area contributed by atoms with Crippen molar-refractivity contribution in [3.8, 4) is 6.07 Å². The first kappa shape index (κ1) is 17.4. The number of sulfonamides is 1. The molecule has 0 bridgehead atoms. The van der Waals surface area contributed by atoms with Gasteiger partial charge in [0.2, 0.25) is 10.0 Å². The van der Waals surface area contributed by atoms with Gasteiger partial charge in [0, 0.05) is 38.1 Å². The van der Waals surface area contributed by atoms with E-state index in [4.69, 9.17) is 5.26 Å². The van der Waals surface area contributed by atoms with Crippen molar-refractivity contribution in [2.24, 2.45) is 0 Å². The summed E-state index contributed by atoms with van der Waals surface area (Å²) >= 11 is 0. The standard InChI is InChI=1S/C18H20N4O2S/c1-14-5-3-6-17(15(14)2)21-9-11-22(12-10-21)25(23,24)18-7-4-8-20-16(18)13-19/h3-8H,9-12H2,1-2H3. The van der Waals surface area contributed by atoms with Crippen LogP contribution in [0.3, 0.4) is 0 Å². The first-order chi connectivity index (χ1) is 11.9. The van der Waals surface area contributed by atoms with E-state index >= 15 is 0 Å². The molecule has 0 radical (unpaired) electrons. The van der Waals surface area contributed by atoms with E-state index in [-0.39, 0.29) is 10.6 Å². The molecule has 130 valence electrons. The van der Waals surface area contributed by atoms with Crippen molar-refractivity contribution in [1.29, 1.82) is 5.26 Å². The molecule has 0 saturated carbocycles. The molecular formula is C18H20N4O2S. The van der Waals surface area contributed by atoms with Gasteiger partial charge < -0.3 is 4.90 Å². The average molecular weight is 356 g/mol. The summed E-state index contributed by atoms with van der Waals surface area (Å²) in [5.74, 6) is 0. The molecule has 1 saturated heterocycles. The largest absolute Gasteiger partial charge is 0.369 e. The second-order valence-electron chi connectivity index (χ2n) is 6.07. The Hall–Kier alpha value is -2.43. The van der Waals surface area contributed by atoms with Crippen LogP contribution in [0, 0.1) is 25.2 Å². The molecule has 3 rings (SSSR count). The van der Waals surface area contributed by atoms with Gasteiger partial charge in [-0.25, -0.2) is 13.4 Å². The number of hydrogen-bond acceptors (Lipinski definition) is 5. The number of nitriles is 1. The van der Waals surface area contributed by atoms with E-state index < -0.39 is 10.0 Å². The minimum atomic E-state index is -3.71. The summed E-state index contributed by atoms with van der Waals surface area (Å²) < 4.78 is 27.1. The fourth-order valence-corrected chi connectivity index (χ4v) is 4.58. The van der Waals surface area contributed by atoms with Crippen LogP contribution in [-0.2, 0) is 10.0 Å². The number of benzene rings is 1. The number of nitrogens with zero attached hydrogens (tertiary/aromatic N) is 4. The Bertz CT molecular complexity index is 926. The molecule has 6 nitrogen and oxygen atoms in total. The molecule has 1 aliphatic rings. The quantitative estimate of drug-likeness (QED) is 0.841. The van der Waals surface area contributed by atoms with E-state index in [0.717, 1.165) is 5.69 Å². The second-order valence-corrected chi connectivity index (χ2v) is 7.98. The monoisotopic (exact) mass is 356 g/mol. The molecule has 1 fully saturated rings. The van der Waals surface area contributed by atoms with Crippen molar-refractivity contribution < 1.29 is 8.42 Å². The molecule has 0 atom stereocenters. The molecule has 0 N–H and O–H groups in total. The van der Waals surface area contributed by atoms with Crippen molar-refractivity contribution in [3.05, 3.63) is 53.3 Å². The lowest BCUT2D eigenvalue weighted by molar-refractivity contribution is 0.384. The van der Waals surface area contributed by atoms with Crippen LogP contribution in [0.15, 0.2) is 41.4 Å². The molecule has 7 heteroatoms. The molecule has 2 heterocycles. The molecule has 0 spiro atoms. The van der Waals surface area contributed by atoms with Gasteiger partial charge in [0.25, 0.3) is 0 Å². The lowest BCUT2D eigenvalue weighted by atomic mass is 10.1. The molecule has 1 aliphatic heterocycles.